The maximum atomic E-state index is 12.9. The summed E-state index contributed by atoms with van der Waals surface area (Å²) in [4.78, 5) is 12.9. The maximum absolute atomic E-state index is 12.9. The van der Waals surface area contributed by atoms with Crippen molar-refractivity contribution < 1.29 is 9.90 Å². The average Bonchev–Trinajstić information content (AvgIpc) is 3.00. The molecule has 1 heterocycles. The van der Waals surface area contributed by atoms with Crippen LogP contribution in [0.4, 0.5) is 0 Å². The molecule has 0 bridgehead atoms. The van der Waals surface area contributed by atoms with Crippen molar-refractivity contribution in [2.24, 2.45) is 5.92 Å². The van der Waals surface area contributed by atoms with Gasteiger partial charge in [-0.2, -0.15) is 5.10 Å². The Balaban J connectivity index is 1.82. The molecule has 5 nitrogen and oxygen atoms in total. The zero-order valence-corrected chi connectivity index (χ0v) is 15.0. The van der Waals surface area contributed by atoms with E-state index in [0.29, 0.717) is 5.56 Å². The topological polar surface area (TPSA) is 78.0 Å². The number of fused-ring (bicyclic) bond motifs is 2. The van der Waals surface area contributed by atoms with Crippen molar-refractivity contribution >= 4 is 16.8 Å². The number of rotatable bonds is 4. The van der Waals surface area contributed by atoms with Crippen molar-refractivity contribution in [2.75, 3.05) is 6.61 Å². The monoisotopic (exact) mass is 349 g/mol. The van der Waals surface area contributed by atoms with Crippen LogP contribution in [0.1, 0.15) is 35.3 Å². The van der Waals surface area contributed by atoms with E-state index in [0.717, 1.165) is 40.6 Å². The molecule has 0 fully saturated rings. The fourth-order valence-corrected chi connectivity index (χ4v) is 3.75. The van der Waals surface area contributed by atoms with Crippen LogP contribution in [-0.2, 0) is 12.8 Å². The lowest BCUT2D eigenvalue weighted by atomic mass is 9.97. The molecule has 1 aliphatic carbocycles. The predicted molar refractivity (Wildman–Crippen MR) is 102 cm³/mol. The van der Waals surface area contributed by atoms with E-state index in [1.807, 2.05) is 38.1 Å². The Morgan fingerprint density at radius 3 is 2.81 bits per heavy atom. The number of nitrogens with zero attached hydrogens (tertiary/aromatic N) is 1. The molecule has 1 amide bonds. The number of nitrogens with one attached hydrogen (secondary N) is 2. The van der Waals surface area contributed by atoms with Gasteiger partial charge in [0.25, 0.3) is 5.91 Å². The SMILES string of the molecule is CC(C)C(CO)NC(=O)c1ccc2[nH]nc3c2c1CCc1ccccc1-3. The second-order valence-corrected chi connectivity index (χ2v) is 7.25. The lowest BCUT2D eigenvalue weighted by Crippen LogP contribution is -2.41. The van der Waals surface area contributed by atoms with Gasteiger partial charge in [-0.1, -0.05) is 38.1 Å². The van der Waals surface area contributed by atoms with Gasteiger partial charge in [0.05, 0.1) is 18.2 Å². The lowest BCUT2D eigenvalue weighted by Gasteiger charge is -2.21. The predicted octanol–water partition coefficient (Wildman–Crippen LogP) is 3.08. The van der Waals surface area contributed by atoms with Crippen LogP contribution in [0.15, 0.2) is 36.4 Å². The van der Waals surface area contributed by atoms with E-state index >= 15 is 0 Å². The number of amides is 1. The van der Waals surface area contributed by atoms with Crippen LogP contribution in [0.2, 0.25) is 0 Å². The third-order valence-corrected chi connectivity index (χ3v) is 5.32. The van der Waals surface area contributed by atoms with Gasteiger partial charge in [-0.05, 0) is 42.0 Å². The van der Waals surface area contributed by atoms with Crippen molar-refractivity contribution in [3.05, 3.63) is 53.1 Å². The Morgan fingerprint density at radius 1 is 1.23 bits per heavy atom. The smallest absolute Gasteiger partial charge is 0.251 e. The summed E-state index contributed by atoms with van der Waals surface area (Å²) in [7, 11) is 0. The van der Waals surface area contributed by atoms with E-state index in [2.05, 4.69) is 27.6 Å². The average molecular weight is 349 g/mol. The van der Waals surface area contributed by atoms with E-state index in [9.17, 15) is 9.90 Å². The molecule has 1 atom stereocenters. The van der Waals surface area contributed by atoms with Gasteiger partial charge in [-0.15, -0.1) is 0 Å². The molecule has 2 aromatic carbocycles. The summed E-state index contributed by atoms with van der Waals surface area (Å²) >= 11 is 0. The van der Waals surface area contributed by atoms with Crippen molar-refractivity contribution in [3.63, 3.8) is 0 Å². The number of benzene rings is 2. The molecule has 1 unspecified atom stereocenters. The quantitative estimate of drug-likeness (QED) is 0.677. The third-order valence-electron chi connectivity index (χ3n) is 5.32. The minimum Gasteiger partial charge on any atom is -0.394 e. The van der Waals surface area contributed by atoms with Crippen molar-refractivity contribution in [1.82, 2.24) is 15.5 Å². The molecule has 0 saturated carbocycles. The Kier molecular flexibility index (Phi) is 4.24. The van der Waals surface area contributed by atoms with Crippen LogP contribution in [0.25, 0.3) is 22.2 Å². The number of H-pyrrole nitrogens is 1. The molecular formula is C21H23N3O2. The van der Waals surface area contributed by atoms with Crippen LogP contribution in [0.3, 0.4) is 0 Å². The van der Waals surface area contributed by atoms with Gasteiger partial charge in [0.1, 0.15) is 5.69 Å². The molecule has 4 rings (SSSR count). The standard InChI is InChI=1S/C21H23N3O2/c1-12(2)18(11-25)22-21(26)16-9-10-17-19-15(16)8-7-13-5-3-4-6-14(13)20(19)24-23-17/h3-6,9-10,12,18,25H,7-8,11H2,1-2H3,(H,22,26)(H,23,24). The van der Waals surface area contributed by atoms with Gasteiger partial charge in [0.15, 0.2) is 0 Å². The first kappa shape index (κ1) is 16.8. The molecule has 0 aliphatic heterocycles. The number of carbonyl (C=O) groups excluding carboxylic acids is 1. The van der Waals surface area contributed by atoms with Crippen molar-refractivity contribution in [2.45, 2.75) is 32.7 Å². The highest BCUT2D eigenvalue weighted by molar-refractivity contribution is 6.05. The largest absolute Gasteiger partial charge is 0.394 e. The number of aromatic nitrogens is 2. The van der Waals surface area contributed by atoms with E-state index in [1.165, 1.54) is 5.56 Å². The molecule has 0 spiro atoms. The van der Waals surface area contributed by atoms with Gasteiger partial charge in [-0.25, -0.2) is 0 Å². The highest BCUT2D eigenvalue weighted by Gasteiger charge is 2.25. The molecule has 26 heavy (non-hydrogen) atoms. The molecule has 0 saturated heterocycles. The zero-order valence-electron chi connectivity index (χ0n) is 15.0. The Morgan fingerprint density at radius 2 is 2.04 bits per heavy atom. The summed E-state index contributed by atoms with van der Waals surface area (Å²) in [5.41, 5.74) is 5.95. The zero-order chi connectivity index (χ0) is 18.3. The first-order valence-electron chi connectivity index (χ1n) is 9.10. The Bertz CT molecular complexity index is 975. The summed E-state index contributed by atoms with van der Waals surface area (Å²) in [6.45, 7) is 3.91. The number of aromatic amines is 1. The van der Waals surface area contributed by atoms with Crippen LogP contribution >= 0.6 is 0 Å². The number of aliphatic hydroxyl groups excluding tert-OH is 1. The number of aryl methyl sites for hydroxylation is 2. The molecule has 3 N–H and O–H groups in total. The summed E-state index contributed by atoms with van der Waals surface area (Å²) in [5.74, 6) is 0.0355. The van der Waals surface area contributed by atoms with Crippen LogP contribution in [0, 0.1) is 5.92 Å². The second kappa shape index (κ2) is 6.57. The minimum atomic E-state index is -0.253. The molecule has 5 heteroatoms. The van der Waals surface area contributed by atoms with Gasteiger partial charge in [0, 0.05) is 16.5 Å². The highest BCUT2D eigenvalue weighted by atomic mass is 16.3. The summed E-state index contributed by atoms with van der Waals surface area (Å²) in [6, 6.07) is 11.8. The molecule has 3 aromatic rings. The molecule has 1 aromatic heterocycles. The van der Waals surface area contributed by atoms with Gasteiger partial charge < -0.3 is 10.4 Å². The van der Waals surface area contributed by atoms with E-state index < -0.39 is 0 Å². The minimum absolute atomic E-state index is 0.0661. The van der Waals surface area contributed by atoms with Crippen molar-refractivity contribution in [1.29, 1.82) is 0 Å². The van der Waals surface area contributed by atoms with Crippen LogP contribution in [-0.4, -0.2) is 33.9 Å². The summed E-state index contributed by atoms with van der Waals surface area (Å²) in [6.07, 6.45) is 1.66. The molecule has 1 aliphatic rings. The van der Waals surface area contributed by atoms with E-state index in [1.54, 1.807) is 0 Å². The van der Waals surface area contributed by atoms with Gasteiger partial charge in [0.2, 0.25) is 0 Å². The van der Waals surface area contributed by atoms with Crippen LogP contribution in [0.5, 0.6) is 0 Å². The molecule has 0 radical (unpaired) electrons. The normalized spacial score (nSPS) is 14.2. The molecule has 134 valence electrons. The van der Waals surface area contributed by atoms with E-state index in [-0.39, 0.29) is 24.5 Å². The van der Waals surface area contributed by atoms with E-state index in [4.69, 9.17) is 0 Å². The summed E-state index contributed by atoms with van der Waals surface area (Å²) < 4.78 is 0. The lowest BCUT2D eigenvalue weighted by molar-refractivity contribution is 0.0896. The Hall–Kier alpha value is -2.66. The second-order valence-electron chi connectivity index (χ2n) is 7.25. The number of carbonyl (C=O) groups is 1. The van der Waals surface area contributed by atoms with Gasteiger partial charge in [-0.3, -0.25) is 9.89 Å². The van der Waals surface area contributed by atoms with Gasteiger partial charge >= 0.3 is 0 Å². The maximum Gasteiger partial charge on any atom is 0.251 e. The summed E-state index contributed by atoms with van der Waals surface area (Å²) in [5, 5.41) is 21.2. The fraction of sp³-hybridized carbons (Fsp3) is 0.333. The first-order chi connectivity index (χ1) is 12.6. The fourth-order valence-electron chi connectivity index (χ4n) is 3.75. The number of hydrogen-bond acceptors (Lipinski definition) is 3. The van der Waals surface area contributed by atoms with Crippen LogP contribution < -0.4 is 5.32 Å². The number of aliphatic hydroxyl groups is 1. The molecular weight excluding hydrogens is 326 g/mol. The third kappa shape index (κ3) is 2.69. The first-order valence-corrected chi connectivity index (χ1v) is 9.10. The Labute approximate surface area is 152 Å². The number of hydrogen-bond donors (Lipinski definition) is 3. The highest BCUT2D eigenvalue weighted by Crippen LogP contribution is 2.36. The van der Waals surface area contributed by atoms with Crippen molar-refractivity contribution in [3.8, 4) is 11.3 Å².